The Morgan fingerprint density at radius 3 is 3.05 bits per heavy atom. The van der Waals surface area contributed by atoms with Gasteiger partial charge in [-0.15, -0.1) is 0 Å². The molecule has 0 fully saturated rings. The molecule has 0 aliphatic carbocycles. The number of rotatable bonds is 4. The Balaban J connectivity index is 1.71. The van der Waals surface area contributed by atoms with Crippen LogP contribution in [0.3, 0.4) is 0 Å². The van der Waals surface area contributed by atoms with Crippen LogP contribution in [-0.2, 0) is 13.5 Å². The molecule has 19 heavy (non-hydrogen) atoms. The molecule has 7 nitrogen and oxygen atoms in total. The second kappa shape index (κ2) is 4.68. The Hall–Kier alpha value is -2.44. The molecule has 1 N–H and O–H groups in total. The standard InChI is InChI=1S/C12H14N6O/c1-8-16-10(17-19-8)4-6-14-12-11-9(3-5-13-12)18(2)7-15-11/h3,5,7H,4,6H2,1-2H3,(H,13,14). The fraction of sp³-hybridized carbons (Fsp3) is 0.333. The molecule has 0 aliphatic heterocycles. The van der Waals surface area contributed by atoms with Crippen LogP contribution < -0.4 is 5.32 Å². The summed E-state index contributed by atoms with van der Waals surface area (Å²) in [4.78, 5) is 12.8. The Morgan fingerprint density at radius 1 is 1.37 bits per heavy atom. The number of aromatic nitrogens is 5. The van der Waals surface area contributed by atoms with E-state index in [9.17, 15) is 0 Å². The number of anilines is 1. The van der Waals surface area contributed by atoms with Gasteiger partial charge in [-0.3, -0.25) is 0 Å². The second-order valence-electron chi connectivity index (χ2n) is 4.29. The van der Waals surface area contributed by atoms with Crippen molar-refractivity contribution in [1.82, 2.24) is 24.7 Å². The lowest BCUT2D eigenvalue weighted by Gasteiger charge is -2.04. The average Bonchev–Trinajstić information content (AvgIpc) is 2.98. The van der Waals surface area contributed by atoms with Gasteiger partial charge in [0.2, 0.25) is 5.89 Å². The van der Waals surface area contributed by atoms with Crippen LogP contribution >= 0.6 is 0 Å². The summed E-state index contributed by atoms with van der Waals surface area (Å²) in [6.07, 6.45) is 4.23. The van der Waals surface area contributed by atoms with Gasteiger partial charge in [0.15, 0.2) is 11.6 Å². The van der Waals surface area contributed by atoms with Crippen LogP contribution in [0.5, 0.6) is 0 Å². The van der Waals surface area contributed by atoms with Crippen molar-refractivity contribution in [1.29, 1.82) is 0 Å². The van der Waals surface area contributed by atoms with E-state index in [0.717, 1.165) is 16.9 Å². The minimum atomic E-state index is 0.583. The van der Waals surface area contributed by atoms with Crippen LogP contribution in [0, 0.1) is 6.92 Å². The highest BCUT2D eigenvalue weighted by Crippen LogP contribution is 2.18. The molecule has 0 radical (unpaired) electrons. The largest absolute Gasteiger partial charge is 0.368 e. The number of aryl methyl sites for hydroxylation is 2. The molecule has 7 heteroatoms. The summed E-state index contributed by atoms with van der Waals surface area (Å²) in [5.41, 5.74) is 1.92. The molecule has 0 aromatic carbocycles. The van der Waals surface area contributed by atoms with Gasteiger partial charge < -0.3 is 14.4 Å². The first-order valence-electron chi connectivity index (χ1n) is 6.03. The third-order valence-electron chi connectivity index (χ3n) is 2.85. The molecule has 0 unspecified atom stereocenters. The van der Waals surface area contributed by atoms with E-state index in [2.05, 4.69) is 25.4 Å². The number of imidazole rings is 1. The maximum absolute atomic E-state index is 4.92. The van der Waals surface area contributed by atoms with E-state index in [0.29, 0.717) is 24.7 Å². The van der Waals surface area contributed by atoms with E-state index in [1.165, 1.54) is 0 Å². The van der Waals surface area contributed by atoms with Gasteiger partial charge in [-0.2, -0.15) is 4.98 Å². The minimum absolute atomic E-state index is 0.583. The van der Waals surface area contributed by atoms with E-state index in [4.69, 9.17) is 4.52 Å². The quantitative estimate of drug-likeness (QED) is 0.760. The van der Waals surface area contributed by atoms with Crippen molar-refractivity contribution in [2.45, 2.75) is 13.3 Å². The third kappa shape index (κ3) is 2.26. The summed E-state index contributed by atoms with van der Waals surface area (Å²) in [7, 11) is 1.96. The SMILES string of the molecule is Cc1nc(CCNc2nccc3c2ncn3C)no1. The predicted molar refractivity (Wildman–Crippen MR) is 69.7 cm³/mol. The lowest BCUT2D eigenvalue weighted by Crippen LogP contribution is -2.07. The molecule has 0 amide bonds. The van der Waals surface area contributed by atoms with Crippen LogP contribution in [-0.4, -0.2) is 31.2 Å². The fourth-order valence-electron chi connectivity index (χ4n) is 1.93. The predicted octanol–water partition coefficient (Wildman–Crippen LogP) is 1.31. The van der Waals surface area contributed by atoms with Crippen molar-refractivity contribution in [2.75, 3.05) is 11.9 Å². The molecule has 0 bridgehead atoms. The molecule has 98 valence electrons. The summed E-state index contributed by atoms with van der Waals surface area (Å²) in [5, 5.41) is 7.10. The lowest BCUT2D eigenvalue weighted by atomic mass is 10.3. The fourth-order valence-corrected chi connectivity index (χ4v) is 1.93. The molecule has 3 heterocycles. The van der Waals surface area contributed by atoms with Gasteiger partial charge in [-0.25, -0.2) is 9.97 Å². The Bertz CT molecular complexity index is 701. The zero-order chi connectivity index (χ0) is 13.2. The maximum atomic E-state index is 4.92. The molecule has 3 aromatic heterocycles. The van der Waals surface area contributed by atoms with Crippen molar-refractivity contribution >= 4 is 16.9 Å². The molecule has 0 spiro atoms. The smallest absolute Gasteiger partial charge is 0.223 e. The maximum Gasteiger partial charge on any atom is 0.223 e. The van der Waals surface area contributed by atoms with E-state index < -0.39 is 0 Å². The van der Waals surface area contributed by atoms with Crippen molar-refractivity contribution in [3.05, 3.63) is 30.3 Å². The molecular weight excluding hydrogens is 244 g/mol. The summed E-state index contributed by atoms with van der Waals surface area (Å²) in [6.45, 7) is 2.46. The van der Waals surface area contributed by atoms with Gasteiger partial charge in [-0.1, -0.05) is 5.16 Å². The first-order valence-corrected chi connectivity index (χ1v) is 6.03. The Morgan fingerprint density at radius 2 is 2.26 bits per heavy atom. The zero-order valence-electron chi connectivity index (χ0n) is 10.8. The summed E-state index contributed by atoms with van der Waals surface area (Å²) >= 11 is 0. The molecule has 0 aliphatic rings. The zero-order valence-corrected chi connectivity index (χ0v) is 10.8. The summed E-state index contributed by atoms with van der Waals surface area (Å²) in [5.74, 6) is 2.05. The summed E-state index contributed by atoms with van der Waals surface area (Å²) in [6, 6.07) is 1.94. The number of pyridine rings is 1. The van der Waals surface area contributed by atoms with Crippen molar-refractivity contribution in [2.24, 2.45) is 7.05 Å². The molecule has 3 aromatic rings. The van der Waals surface area contributed by atoms with E-state index in [-0.39, 0.29) is 0 Å². The second-order valence-corrected chi connectivity index (χ2v) is 4.29. The van der Waals surface area contributed by atoms with Crippen molar-refractivity contribution in [3.63, 3.8) is 0 Å². The van der Waals surface area contributed by atoms with Gasteiger partial charge in [-0.05, 0) is 6.07 Å². The minimum Gasteiger partial charge on any atom is -0.368 e. The monoisotopic (exact) mass is 258 g/mol. The van der Waals surface area contributed by atoms with E-state index in [1.54, 1.807) is 19.4 Å². The van der Waals surface area contributed by atoms with Gasteiger partial charge in [0.1, 0.15) is 5.52 Å². The molecule has 0 saturated carbocycles. The Kier molecular flexibility index (Phi) is 2.86. The molecular formula is C12H14N6O. The molecule has 0 saturated heterocycles. The van der Waals surface area contributed by atoms with Crippen LogP contribution in [0.25, 0.3) is 11.0 Å². The number of fused-ring (bicyclic) bond motifs is 1. The average molecular weight is 258 g/mol. The lowest BCUT2D eigenvalue weighted by molar-refractivity contribution is 0.387. The number of hydrogen-bond acceptors (Lipinski definition) is 6. The van der Waals surface area contributed by atoms with Gasteiger partial charge in [0.25, 0.3) is 0 Å². The van der Waals surface area contributed by atoms with Gasteiger partial charge >= 0.3 is 0 Å². The Labute approximate surface area is 109 Å². The normalized spacial score (nSPS) is 11.1. The number of nitrogens with zero attached hydrogens (tertiary/aromatic N) is 5. The van der Waals surface area contributed by atoms with Crippen molar-refractivity contribution in [3.8, 4) is 0 Å². The van der Waals surface area contributed by atoms with Crippen LogP contribution in [0.2, 0.25) is 0 Å². The highest BCUT2D eigenvalue weighted by molar-refractivity contribution is 5.85. The van der Waals surface area contributed by atoms with E-state index >= 15 is 0 Å². The van der Waals surface area contributed by atoms with Crippen LogP contribution in [0.15, 0.2) is 23.1 Å². The molecule has 3 rings (SSSR count). The van der Waals surface area contributed by atoms with Gasteiger partial charge in [0.05, 0.1) is 11.8 Å². The molecule has 0 atom stereocenters. The van der Waals surface area contributed by atoms with E-state index in [1.807, 2.05) is 17.7 Å². The van der Waals surface area contributed by atoms with Crippen LogP contribution in [0.1, 0.15) is 11.7 Å². The van der Waals surface area contributed by atoms with Gasteiger partial charge in [0, 0.05) is 33.1 Å². The number of hydrogen-bond donors (Lipinski definition) is 1. The first kappa shape index (κ1) is 11.6. The first-order chi connectivity index (χ1) is 9.24. The number of nitrogens with one attached hydrogen (secondary N) is 1. The van der Waals surface area contributed by atoms with Crippen molar-refractivity contribution < 1.29 is 4.52 Å². The third-order valence-corrected chi connectivity index (χ3v) is 2.85. The topological polar surface area (TPSA) is 81.7 Å². The van der Waals surface area contributed by atoms with Crippen LogP contribution in [0.4, 0.5) is 5.82 Å². The summed E-state index contributed by atoms with van der Waals surface area (Å²) < 4.78 is 6.88. The highest BCUT2D eigenvalue weighted by atomic mass is 16.5. The highest BCUT2D eigenvalue weighted by Gasteiger charge is 2.07.